The predicted octanol–water partition coefficient (Wildman–Crippen LogP) is 4.21. The number of aromatic hydroxyl groups is 1. The van der Waals surface area contributed by atoms with Crippen molar-refractivity contribution < 1.29 is 14.6 Å². The first-order valence-electron chi connectivity index (χ1n) is 9.96. The summed E-state index contributed by atoms with van der Waals surface area (Å²) in [6.07, 6.45) is 3.66. The van der Waals surface area contributed by atoms with Crippen LogP contribution in [-0.2, 0) is 17.8 Å². The number of carbonyl (C=O) groups is 1. The first-order valence-corrected chi connectivity index (χ1v) is 9.96. The quantitative estimate of drug-likeness (QED) is 0.605. The van der Waals surface area contributed by atoms with Gasteiger partial charge in [0, 0.05) is 35.6 Å². The van der Waals surface area contributed by atoms with Crippen molar-refractivity contribution in [3.8, 4) is 5.75 Å². The molecule has 146 valence electrons. The number of fused-ring (bicyclic) bond motifs is 1. The highest BCUT2D eigenvalue weighted by Gasteiger charge is 2.25. The fourth-order valence-electron chi connectivity index (χ4n) is 3.79. The molecule has 0 saturated heterocycles. The number of phenolic OH excluding ortho intramolecular Hbond substituents is 1. The summed E-state index contributed by atoms with van der Waals surface area (Å²) in [6.45, 7) is 3.37. The molecule has 1 aliphatic carbocycles. The summed E-state index contributed by atoms with van der Waals surface area (Å²) in [6, 6.07) is 15.8. The molecule has 0 atom stereocenters. The van der Waals surface area contributed by atoms with Crippen LogP contribution in [0.15, 0.2) is 48.5 Å². The van der Waals surface area contributed by atoms with Crippen molar-refractivity contribution in [2.24, 2.45) is 0 Å². The Kier molecular flexibility index (Phi) is 5.35. The van der Waals surface area contributed by atoms with E-state index in [1.807, 2.05) is 41.8 Å². The summed E-state index contributed by atoms with van der Waals surface area (Å²) < 4.78 is 7.45. The highest BCUT2D eigenvalue weighted by atomic mass is 16.5. The fourth-order valence-corrected chi connectivity index (χ4v) is 3.79. The highest BCUT2D eigenvalue weighted by Crippen LogP contribution is 2.29. The lowest BCUT2D eigenvalue weighted by molar-refractivity contribution is 0.0513. The average Bonchev–Trinajstić information content (AvgIpc) is 2.96. The number of esters is 1. The molecule has 4 rings (SSSR count). The molecule has 0 bridgehead atoms. The number of hydrogen-bond acceptors (Lipinski definition) is 4. The van der Waals surface area contributed by atoms with Gasteiger partial charge in [0.1, 0.15) is 11.4 Å². The van der Waals surface area contributed by atoms with E-state index in [-0.39, 0.29) is 11.7 Å². The van der Waals surface area contributed by atoms with Gasteiger partial charge in [-0.05, 0) is 43.5 Å². The molecule has 5 nitrogen and oxygen atoms in total. The van der Waals surface area contributed by atoms with Gasteiger partial charge in [0.2, 0.25) is 0 Å². The van der Waals surface area contributed by atoms with Crippen LogP contribution >= 0.6 is 0 Å². The van der Waals surface area contributed by atoms with Crippen LogP contribution < -0.4 is 5.32 Å². The van der Waals surface area contributed by atoms with Crippen molar-refractivity contribution in [2.45, 2.75) is 45.3 Å². The normalized spacial score (nSPS) is 14.2. The number of phenols is 1. The summed E-state index contributed by atoms with van der Waals surface area (Å²) in [5.74, 6) is -0.0556. The minimum Gasteiger partial charge on any atom is -0.508 e. The SMILES string of the molecule is CCOC(=O)c1c(CNC2CCC2)c2ccccc2n1Cc1ccc(O)cc1. The lowest BCUT2D eigenvalue weighted by Gasteiger charge is -2.26. The molecule has 0 radical (unpaired) electrons. The number of aromatic nitrogens is 1. The molecular weight excluding hydrogens is 352 g/mol. The monoisotopic (exact) mass is 378 g/mol. The van der Waals surface area contributed by atoms with E-state index in [1.54, 1.807) is 12.1 Å². The zero-order valence-electron chi connectivity index (χ0n) is 16.1. The number of ether oxygens (including phenoxy) is 1. The molecule has 2 N–H and O–H groups in total. The minimum atomic E-state index is -0.289. The van der Waals surface area contributed by atoms with Gasteiger partial charge >= 0.3 is 5.97 Å². The van der Waals surface area contributed by atoms with Crippen molar-refractivity contribution in [1.82, 2.24) is 9.88 Å². The lowest BCUT2D eigenvalue weighted by atomic mass is 9.93. The molecule has 0 spiro atoms. The summed E-state index contributed by atoms with van der Waals surface area (Å²) in [5.41, 5.74) is 3.65. The van der Waals surface area contributed by atoms with Crippen molar-refractivity contribution >= 4 is 16.9 Å². The first kappa shape index (κ1) is 18.6. The van der Waals surface area contributed by atoms with Gasteiger partial charge in [-0.3, -0.25) is 0 Å². The third-order valence-corrected chi connectivity index (χ3v) is 5.49. The van der Waals surface area contributed by atoms with Crippen LogP contribution in [-0.4, -0.2) is 28.3 Å². The summed E-state index contributed by atoms with van der Waals surface area (Å²) in [5, 5.41) is 14.2. The largest absolute Gasteiger partial charge is 0.508 e. The Bertz CT molecular complexity index is 971. The average molecular weight is 378 g/mol. The number of carbonyl (C=O) groups excluding carboxylic acids is 1. The zero-order valence-corrected chi connectivity index (χ0v) is 16.1. The van der Waals surface area contributed by atoms with Gasteiger partial charge in [-0.1, -0.05) is 36.8 Å². The predicted molar refractivity (Wildman–Crippen MR) is 110 cm³/mol. The second-order valence-electron chi connectivity index (χ2n) is 7.33. The van der Waals surface area contributed by atoms with Gasteiger partial charge in [-0.2, -0.15) is 0 Å². The van der Waals surface area contributed by atoms with Crippen LogP contribution in [0.25, 0.3) is 10.9 Å². The van der Waals surface area contributed by atoms with Crippen LogP contribution in [0.1, 0.15) is 47.8 Å². The zero-order chi connectivity index (χ0) is 19.5. The third-order valence-electron chi connectivity index (χ3n) is 5.49. The van der Waals surface area contributed by atoms with E-state index < -0.39 is 0 Å². The van der Waals surface area contributed by atoms with Crippen molar-refractivity contribution in [3.05, 3.63) is 65.4 Å². The standard InChI is InChI=1S/C23H26N2O3/c1-2-28-23(27)22-20(14-24-17-6-5-7-17)19-8-3-4-9-21(19)25(22)15-16-10-12-18(26)13-11-16/h3-4,8-13,17,24,26H,2,5-7,14-15H2,1H3. The number of nitrogens with one attached hydrogen (secondary N) is 1. The van der Waals surface area contributed by atoms with Crippen LogP contribution in [0, 0.1) is 0 Å². The summed E-state index contributed by atoms with van der Waals surface area (Å²) in [4.78, 5) is 12.9. The van der Waals surface area contributed by atoms with Gasteiger partial charge in [-0.25, -0.2) is 4.79 Å². The Balaban J connectivity index is 1.79. The molecule has 1 aromatic heterocycles. The molecule has 1 fully saturated rings. The van der Waals surface area contributed by atoms with E-state index in [0.29, 0.717) is 31.4 Å². The van der Waals surface area contributed by atoms with Crippen molar-refractivity contribution in [1.29, 1.82) is 0 Å². The Morgan fingerprint density at radius 3 is 2.61 bits per heavy atom. The third kappa shape index (κ3) is 3.62. The molecular formula is C23H26N2O3. The second kappa shape index (κ2) is 8.07. The Hall–Kier alpha value is -2.79. The van der Waals surface area contributed by atoms with Gasteiger partial charge < -0.3 is 19.7 Å². The molecule has 1 saturated carbocycles. The van der Waals surface area contributed by atoms with E-state index in [4.69, 9.17) is 4.74 Å². The van der Waals surface area contributed by atoms with E-state index in [1.165, 1.54) is 19.3 Å². The number of nitrogens with zero attached hydrogens (tertiary/aromatic N) is 1. The molecule has 0 unspecified atom stereocenters. The molecule has 28 heavy (non-hydrogen) atoms. The smallest absolute Gasteiger partial charge is 0.355 e. The molecule has 0 amide bonds. The first-order chi connectivity index (χ1) is 13.7. The van der Waals surface area contributed by atoms with E-state index in [9.17, 15) is 9.90 Å². The van der Waals surface area contributed by atoms with Crippen LogP contribution in [0.2, 0.25) is 0 Å². The molecule has 1 aliphatic rings. The number of hydrogen-bond donors (Lipinski definition) is 2. The highest BCUT2D eigenvalue weighted by molar-refractivity contribution is 5.99. The maximum absolute atomic E-state index is 12.9. The lowest BCUT2D eigenvalue weighted by Crippen LogP contribution is -2.35. The van der Waals surface area contributed by atoms with Crippen LogP contribution in [0.4, 0.5) is 0 Å². The fraction of sp³-hybridized carbons (Fsp3) is 0.348. The van der Waals surface area contributed by atoms with E-state index in [0.717, 1.165) is 22.0 Å². The Morgan fingerprint density at radius 2 is 1.93 bits per heavy atom. The second-order valence-corrected chi connectivity index (χ2v) is 7.33. The maximum atomic E-state index is 12.9. The van der Waals surface area contributed by atoms with Crippen LogP contribution in [0.5, 0.6) is 5.75 Å². The van der Waals surface area contributed by atoms with E-state index in [2.05, 4.69) is 11.4 Å². The topological polar surface area (TPSA) is 63.5 Å². The van der Waals surface area contributed by atoms with Crippen molar-refractivity contribution in [3.63, 3.8) is 0 Å². The van der Waals surface area contributed by atoms with Gasteiger partial charge in [0.15, 0.2) is 0 Å². The van der Waals surface area contributed by atoms with Gasteiger partial charge in [0.25, 0.3) is 0 Å². The number of para-hydroxylation sites is 1. The van der Waals surface area contributed by atoms with Gasteiger partial charge in [0.05, 0.1) is 6.61 Å². The Labute approximate surface area is 164 Å². The summed E-state index contributed by atoms with van der Waals surface area (Å²) in [7, 11) is 0. The maximum Gasteiger partial charge on any atom is 0.355 e. The van der Waals surface area contributed by atoms with Crippen LogP contribution in [0.3, 0.4) is 0 Å². The molecule has 0 aliphatic heterocycles. The van der Waals surface area contributed by atoms with Gasteiger partial charge in [-0.15, -0.1) is 0 Å². The number of rotatable bonds is 7. The minimum absolute atomic E-state index is 0.233. The van der Waals surface area contributed by atoms with Crippen molar-refractivity contribution in [2.75, 3.05) is 6.61 Å². The van der Waals surface area contributed by atoms with E-state index >= 15 is 0 Å². The Morgan fingerprint density at radius 1 is 1.18 bits per heavy atom. The summed E-state index contributed by atoms with van der Waals surface area (Å²) >= 11 is 0. The molecule has 1 heterocycles. The number of benzene rings is 2. The molecule has 2 aromatic carbocycles. The molecule has 3 aromatic rings. The molecule has 5 heteroatoms.